The Bertz CT molecular complexity index is 391. The number of benzene rings is 1. The number of rotatable bonds is 9. The third-order valence-corrected chi connectivity index (χ3v) is 4.09. The summed E-state index contributed by atoms with van der Waals surface area (Å²) in [5.74, 6) is 0. The molecule has 0 radical (unpaired) electrons. The van der Waals surface area contributed by atoms with Gasteiger partial charge in [0.15, 0.2) is 0 Å². The Labute approximate surface area is 128 Å². The minimum absolute atomic E-state index is 0.653. The van der Waals surface area contributed by atoms with Gasteiger partial charge in [0.05, 0.1) is 10.7 Å². The molecule has 1 aromatic rings. The van der Waals surface area contributed by atoms with E-state index < -0.39 is 0 Å². The van der Waals surface area contributed by atoms with Crippen LogP contribution in [0.3, 0.4) is 0 Å². The number of nitrogen functional groups attached to an aromatic ring is 1. The summed E-state index contributed by atoms with van der Waals surface area (Å²) in [7, 11) is 0. The Morgan fingerprint density at radius 3 is 2.15 bits per heavy atom. The summed E-state index contributed by atoms with van der Waals surface area (Å²) in [6, 6.07) is 5.93. The van der Waals surface area contributed by atoms with E-state index in [0.29, 0.717) is 10.7 Å². The first-order valence-electron chi connectivity index (χ1n) is 7.59. The van der Waals surface area contributed by atoms with Crippen molar-refractivity contribution in [1.82, 2.24) is 9.80 Å². The molecule has 0 heterocycles. The summed E-state index contributed by atoms with van der Waals surface area (Å²) in [5, 5.41) is 0.654. The van der Waals surface area contributed by atoms with Gasteiger partial charge in [-0.3, -0.25) is 4.90 Å². The maximum Gasteiger partial charge on any atom is 0.0638 e. The average molecular weight is 298 g/mol. The van der Waals surface area contributed by atoms with Crippen molar-refractivity contribution in [3.8, 4) is 0 Å². The zero-order valence-corrected chi connectivity index (χ0v) is 13.8. The SMILES string of the molecule is CCN(CC)CCCN(CC)Cc1ccc(N)c(Cl)c1. The number of anilines is 1. The largest absolute Gasteiger partial charge is 0.398 e. The lowest BCUT2D eigenvalue weighted by Gasteiger charge is -2.23. The van der Waals surface area contributed by atoms with Crippen molar-refractivity contribution in [2.45, 2.75) is 33.7 Å². The van der Waals surface area contributed by atoms with E-state index in [1.54, 1.807) is 0 Å². The molecule has 0 amide bonds. The predicted molar refractivity (Wildman–Crippen MR) is 89.2 cm³/mol. The molecule has 0 aliphatic heterocycles. The number of hydrogen-bond donors (Lipinski definition) is 1. The van der Waals surface area contributed by atoms with Crippen LogP contribution >= 0.6 is 11.6 Å². The van der Waals surface area contributed by atoms with Crippen LogP contribution in [0.25, 0.3) is 0 Å². The molecule has 0 aliphatic rings. The summed E-state index contributed by atoms with van der Waals surface area (Å²) in [6.07, 6.45) is 1.21. The van der Waals surface area contributed by atoms with Gasteiger partial charge in [-0.15, -0.1) is 0 Å². The molecule has 1 rings (SSSR count). The Balaban J connectivity index is 2.44. The molecule has 0 aromatic heterocycles. The molecule has 0 unspecified atom stereocenters. The van der Waals surface area contributed by atoms with Crippen molar-refractivity contribution in [2.24, 2.45) is 0 Å². The molecule has 0 atom stereocenters. The molecule has 0 aliphatic carbocycles. The lowest BCUT2D eigenvalue weighted by molar-refractivity contribution is 0.238. The average Bonchev–Trinajstić information content (AvgIpc) is 2.46. The fourth-order valence-corrected chi connectivity index (χ4v) is 2.54. The standard InChI is InChI=1S/C16H28ClN3/c1-4-19(5-2)10-7-11-20(6-3)13-14-8-9-16(18)15(17)12-14/h8-9,12H,4-7,10-11,13,18H2,1-3H3. The Hall–Kier alpha value is -0.770. The van der Waals surface area contributed by atoms with E-state index in [1.165, 1.54) is 18.5 Å². The topological polar surface area (TPSA) is 32.5 Å². The van der Waals surface area contributed by atoms with Crippen molar-refractivity contribution in [3.05, 3.63) is 28.8 Å². The molecule has 3 nitrogen and oxygen atoms in total. The summed E-state index contributed by atoms with van der Waals surface area (Å²) < 4.78 is 0. The molecule has 0 saturated carbocycles. The highest BCUT2D eigenvalue weighted by Crippen LogP contribution is 2.20. The number of hydrogen-bond acceptors (Lipinski definition) is 3. The third kappa shape index (κ3) is 5.70. The highest BCUT2D eigenvalue weighted by molar-refractivity contribution is 6.33. The van der Waals surface area contributed by atoms with Crippen LogP contribution in [0.2, 0.25) is 5.02 Å². The van der Waals surface area contributed by atoms with Gasteiger partial charge in [0, 0.05) is 6.54 Å². The van der Waals surface area contributed by atoms with Gasteiger partial charge in [-0.05, 0) is 56.8 Å². The normalized spacial score (nSPS) is 11.5. The molecule has 0 fully saturated rings. The van der Waals surface area contributed by atoms with Gasteiger partial charge in [-0.1, -0.05) is 38.4 Å². The van der Waals surface area contributed by atoms with E-state index in [4.69, 9.17) is 17.3 Å². The van der Waals surface area contributed by atoms with E-state index in [-0.39, 0.29) is 0 Å². The van der Waals surface area contributed by atoms with Gasteiger partial charge >= 0.3 is 0 Å². The number of nitrogens with two attached hydrogens (primary N) is 1. The van der Waals surface area contributed by atoms with Gasteiger partial charge in [0.2, 0.25) is 0 Å². The lowest BCUT2D eigenvalue weighted by Crippen LogP contribution is -2.29. The number of halogens is 1. The molecule has 0 spiro atoms. The van der Waals surface area contributed by atoms with Crippen LogP contribution < -0.4 is 5.73 Å². The zero-order chi connectivity index (χ0) is 15.0. The zero-order valence-electron chi connectivity index (χ0n) is 13.0. The first-order chi connectivity index (χ1) is 9.60. The molecule has 2 N–H and O–H groups in total. The minimum atomic E-state index is 0.653. The van der Waals surface area contributed by atoms with E-state index in [2.05, 4.69) is 36.6 Å². The van der Waals surface area contributed by atoms with Crippen LogP contribution in [0.1, 0.15) is 32.8 Å². The van der Waals surface area contributed by atoms with E-state index >= 15 is 0 Å². The van der Waals surface area contributed by atoms with Crippen LogP contribution in [0, 0.1) is 0 Å². The second kappa shape index (κ2) is 9.22. The maximum absolute atomic E-state index is 6.07. The van der Waals surface area contributed by atoms with Gasteiger partial charge in [-0.25, -0.2) is 0 Å². The van der Waals surface area contributed by atoms with Gasteiger partial charge in [-0.2, -0.15) is 0 Å². The first kappa shape index (κ1) is 17.3. The van der Waals surface area contributed by atoms with Crippen LogP contribution in [-0.2, 0) is 6.54 Å². The minimum Gasteiger partial charge on any atom is -0.398 e. The Morgan fingerprint density at radius 2 is 1.60 bits per heavy atom. The second-order valence-corrected chi connectivity index (χ2v) is 5.51. The third-order valence-electron chi connectivity index (χ3n) is 3.76. The van der Waals surface area contributed by atoms with E-state index in [0.717, 1.165) is 32.7 Å². The predicted octanol–water partition coefficient (Wildman–Crippen LogP) is 3.48. The van der Waals surface area contributed by atoms with E-state index in [1.807, 2.05) is 12.1 Å². The maximum atomic E-state index is 6.07. The highest BCUT2D eigenvalue weighted by Gasteiger charge is 2.06. The number of nitrogens with zero attached hydrogens (tertiary/aromatic N) is 2. The summed E-state index contributed by atoms with van der Waals surface area (Å²) in [4.78, 5) is 4.92. The van der Waals surface area contributed by atoms with E-state index in [9.17, 15) is 0 Å². The lowest BCUT2D eigenvalue weighted by atomic mass is 10.2. The monoisotopic (exact) mass is 297 g/mol. The molecular weight excluding hydrogens is 270 g/mol. The van der Waals surface area contributed by atoms with Crippen LogP contribution in [0.5, 0.6) is 0 Å². The van der Waals surface area contributed by atoms with Crippen molar-refractivity contribution in [1.29, 1.82) is 0 Å². The summed E-state index contributed by atoms with van der Waals surface area (Å²) in [5.41, 5.74) is 7.63. The van der Waals surface area contributed by atoms with Crippen molar-refractivity contribution >= 4 is 17.3 Å². The Kier molecular flexibility index (Phi) is 7.97. The second-order valence-electron chi connectivity index (χ2n) is 5.11. The fourth-order valence-electron chi connectivity index (χ4n) is 2.33. The quantitative estimate of drug-likeness (QED) is 0.708. The van der Waals surface area contributed by atoms with Crippen molar-refractivity contribution in [2.75, 3.05) is 38.5 Å². The Morgan fingerprint density at radius 1 is 1.00 bits per heavy atom. The summed E-state index contributed by atoms with van der Waals surface area (Å²) in [6.45, 7) is 13.2. The highest BCUT2D eigenvalue weighted by atomic mass is 35.5. The van der Waals surface area contributed by atoms with Gasteiger partial charge in [0.1, 0.15) is 0 Å². The molecule has 0 saturated heterocycles. The molecule has 0 bridgehead atoms. The smallest absolute Gasteiger partial charge is 0.0638 e. The molecule has 114 valence electrons. The van der Waals surface area contributed by atoms with Crippen molar-refractivity contribution in [3.63, 3.8) is 0 Å². The molecular formula is C16H28ClN3. The van der Waals surface area contributed by atoms with Crippen LogP contribution in [0.15, 0.2) is 18.2 Å². The van der Waals surface area contributed by atoms with Crippen LogP contribution in [0.4, 0.5) is 5.69 Å². The fraction of sp³-hybridized carbons (Fsp3) is 0.625. The van der Waals surface area contributed by atoms with Crippen LogP contribution in [-0.4, -0.2) is 42.5 Å². The van der Waals surface area contributed by atoms with Crippen molar-refractivity contribution < 1.29 is 0 Å². The van der Waals surface area contributed by atoms with Gasteiger partial charge < -0.3 is 10.6 Å². The van der Waals surface area contributed by atoms with Gasteiger partial charge in [0.25, 0.3) is 0 Å². The molecule has 1 aromatic carbocycles. The first-order valence-corrected chi connectivity index (χ1v) is 7.97. The summed E-state index contributed by atoms with van der Waals surface area (Å²) >= 11 is 6.07. The molecule has 20 heavy (non-hydrogen) atoms. The molecule has 4 heteroatoms.